The summed E-state index contributed by atoms with van der Waals surface area (Å²) in [6.45, 7) is 1.87. The van der Waals surface area contributed by atoms with Crippen molar-refractivity contribution < 1.29 is 9.59 Å². The van der Waals surface area contributed by atoms with Crippen LogP contribution in [0.3, 0.4) is 0 Å². The number of carbonyl (C=O) groups is 2. The molecular formula is C21H18ClN3O2. The standard InChI is InChI=1S/C21H18ClN3O2/c1-14-8-9-17(22)11-19(14)24-20(26)15-10-16(13-23-12-15)21(27)25(2)18-6-4-3-5-7-18/h3-13H,1-2H3,(H,24,26). The van der Waals surface area contributed by atoms with Crippen LogP contribution in [0.25, 0.3) is 0 Å². The van der Waals surface area contributed by atoms with Crippen molar-refractivity contribution in [1.29, 1.82) is 0 Å². The average molecular weight is 380 g/mol. The van der Waals surface area contributed by atoms with E-state index in [9.17, 15) is 9.59 Å². The first-order valence-corrected chi connectivity index (χ1v) is 8.69. The molecule has 3 rings (SSSR count). The minimum absolute atomic E-state index is 0.248. The van der Waals surface area contributed by atoms with E-state index in [4.69, 9.17) is 11.6 Å². The molecule has 1 N–H and O–H groups in total. The fraction of sp³-hybridized carbons (Fsp3) is 0.0952. The van der Waals surface area contributed by atoms with Gasteiger partial charge in [0.15, 0.2) is 0 Å². The summed E-state index contributed by atoms with van der Waals surface area (Å²) in [6, 6.07) is 16.1. The number of hydrogen-bond acceptors (Lipinski definition) is 3. The average Bonchev–Trinajstić information content (AvgIpc) is 2.70. The van der Waals surface area contributed by atoms with Crippen LogP contribution in [0.5, 0.6) is 0 Å². The Hall–Kier alpha value is -3.18. The predicted molar refractivity (Wildman–Crippen MR) is 108 cm³/mol. The van der Waals surface area contributed by atoms with Gasteiger partial charge in [-0.3, -0.25) is 14.6 Å². The number of anilines is 2. The first-order valence-electron chi connectivity index (χ1n) is 8.31. The Morgan fingerprint density at radius 1 is 1.00 bits per heavy atom. The van der Waals surface area contributed by atoms with Gasteiger partial charge in [-0.15, -0.1) is 0 Å². The van der Waals surface area contributed by atoms with Gasteiger partial charge in [0.05, 0.1) is 11.1 Å². The summed E-state index contributed by atoms with van der Waals surface area (Å²) in [7, 11) is 1.68. The van der Waals surface area contributed by atoms with Crippen LogP contribution in [-0.2, 0) is 0 Å². The summed E-state index contributed by atoms with van der Waals surface area (Å²) < 4.78 is 0. The molecule has 2 aromatic carbocycles. The molecule has 0 aliphatic heterocycles. The molecule has 0 saturated carbocycles. The van der Waals surface area contributed by atoms with Gasteiger partial charge in [-0.05, 0) is 42.8 Å². The van der Waals surface area contributed by atoms with Gasteiger partial charge >= 0.3 is 0 Å². The Balaban J connectivity index is 1.81. The third kappa shape index (κ3) is 4.33. The van der Waals surface area contributed by atoms with Crippen LogP contribution < -0.4 is 10.2 Å². The number of carbonyl (C=O) groups excluding carboxylic acids is 2. The first-order chi connectivity index (χ1) is 13.0. The second kappa shape index (κ2) is 8.01. The second-order valence-corrected chi connectivity index (χ2v) is 6.51. The van der Waals surface area contributed by atoms with Gasteiger partial charge in [0, 0.05) is 35.8 Å². The lowest BCUT2D eigenvalue weighted by molar-refractivity contribution is 0.0992. The number of nitrogens with zero attached hydrogens (tertiary/aromatic N) is 2. The highest BCUT2D eigenvalue weighted by atomic mass is 35.5. The lowest BCUT2D eigenvalue weighted by atomic mass is 10.1. The number of rotatable bonds is 4. The first kappa shape index (κ1) is 18.6. The zero-order valence-electron chi connectivity index (χ0n) is 14.9. The molecule has 0 aliphatic carbocycles. The van der Waals surface area contributed by atoms with E-state index in [2.05, 4.69) is 10.3 Å². The second-order valence-electron chi connectivity index (χ2n) is 6.08. The molecule has 0 spiro atoms. The number of halogens is 1. The minimum Gasteiger partial charge on any atom is -0.322 e. The summed E-state index contributed by atoms with van der Waals surface area (Å²) >= 11 is 5.99. The highest BCUT2D eigenvalue weighted by Crippen LogP contribution is 2.21. The lowest BCUT2D eigenvalue weighted by Gasteiger charge is -2.17. The maximum Gasteiger partial charge on any atom is 0.259 e. The van der Waals surface area contributed by atoms with Gasteiger partial charge in [-0.2, -0.15) is 0 Å². The zero-order valence-corrected chi connectivity index (χ0v) is 15.7. The smallest absolute Gasteiger partial charge is 0.259 e. The van der Waals surface area contributed by atoms with Crippen LogP contribution in [0.15, 0.2) is 67.0 Å². The fourth-order valence-corrected chi connectivity index (χ4v) is 2.74. The number of benzene rings is 2. The van der Waals surface area contributed by atoms with E-state index in [0.29, 0.717) is 21.8 Å². The van der Waals surface area contributed by atoms with Crippen LogP contribution in [0.1, 0.15) is 26.3 Å². The number of pyridine rings is 1. The largest absolute Gasteiger partial charge is 0.322 e. The third-order valence-electron chi connectivity index (χ3n) is 4.14. The molecule has 2 amide bonds. The van der Waals surface area contributed by atoms with Gasteiger partial charge in [-0.25, -0.2) is 0 Å². The van der Waals surface area contributed by atoms with Crippen molar-refractivity contribution in [2.45, 2.75) is 6.92 Å². The normalized spacial score (nSPS) is 10.3. The summed E-state index contributed by atoms with van der Waals surface area (Å²) in [5, 5.41) is 3.34. The Kier molecular flexibility index (Phi) is 5.52. The molecule has 6 heteroatoms. The summed E-state index contributed by atoms with van der Waals surface area (Å²) in [5.41, 5.74) is 2.88. The molecule has 1 aromatic heterocycles. The quantitative estimate of drug-likeness (QED) is 0.722. The maximum atomic E-state index is 12.7. The van der Waals surface area contributed by atoms with Crippen LogP contribution in [-0.4, -0.2) is 23.8 Å². The molecule has 1 heterocycles. The maximum absolute atomic E-state index is 12.7. The van der Waals surface area contributed by atoms with E-state index in [1.165, 1.54) is 23.4 Å². The van der Waals surface area contributed by atoms with E-state index in [0.717, 1.165) is 11.3 Å². The number of amides is 2. The van der Waals surface area contributed by atoms with Gasteiger partial charge in [0.1, 0.15) is 0 Å². The fourth-order valence-electron chi connectivity index (χ4n) is 2.57. The Morgan fingerprint density at radius 2 is 1.70 bits per heavy atom. The van der Waals surface area contributed by atoms with Crippen LogP contribution in [0.4, 0.5) is 11.4 Å². The SMILES string of the molecule is Cc1ccc(Cl)cc1NC(=O)c1cncc(C(=O)N(C)c2ccccc2)c1. The molecule has 0 aliphatic rings. The topological polar surface area (TPSA) is 62.3 Å². The number of aromatic nitrogens is 1. The van der Waals surface area contributed by atoms with Crippen molar-refractivity contribution in [2.24, 2.45) is 0 Å². The molecule has 136 valence electrons. The van der Waals surface area contributed by atoms with E-state index >= 15 is 0 Å². The monoisotopic (exact) mass is 379 g/mol. The van der Waals surface area contributed by atoms with Crippen molar-refractivity contribution >= 4 is 34.8 Å². The van der Waals surface area contributed by atoms with E-state index in [-0.39, 0.29) is 11.8 Å². The van der Waals surface area contributed by atoms with Crippen molar-refractivity contribution in [3.8, 4) is 0 Å². The molecule has 0 unspecified atom stereocenters. The van der Waals surface area contributed by atoms with Crippen LogP contribution in [0, 0.1) is 6.92 Å². The van der Waals surface area contributed by atoms with E-state index < -0.39 is 0 Å². The van der Waals surface area contributed by atoms with Gasteiger partial charge < -0.3 is 10.2 Å². The molecule has 0 bridgehead atoms. The molecule has 0 fully saturated rings. The van der Waals surface area contributed by atoms with Crippen LogP contribution >= 0.6 is 11.6 Å². The van der Waals surface area contributed by atoms with Gasteiger partial charge in [0.2, 0.25) is 0 Å². The number of para-hydroxylation sites is 1. The molecule has 0 radical (unpaired) electrons. The van der Waals surface area contributed by atoms with Gasteiger partial charge in [0.25, 0.3) is 11.8 Å². The Labute approximate surface area is 162 Å². The molecule has 3 aromatic rings. The Bertz CT molecular complexity index is 990. The van der Waals surface area contributed by atoms with E-state index in [1.54, 1.807) is 19.2 Å². The van der Waals surface area contributed by atoms with Crippen molar-refractivity contribution in [1.82, 2.24) is 4.98 Å². The summed E-state index contributed by atoms with van der Waals surface area (Å²) in [4.78, 5) is 30.9. The van der Waals surface area contributed by atoms with Crippen LogP contribution in [0.2, 0.25) is 5.02 Å². The van der Waals surface area contributed by atoms with Crippen molar-refractivity contribution in [3.05, 3.63) is 88.7 Å². The molecular weight excluding hydrogens is 362 g/mol. The number of nitrogens with one attached hydrogen (secondary N) is 1. The molecule has 0 atom stereocenters. The highest BCUT2D eigenvalue weighted by Gasteiger charge is 2.16. The zero-order chi connectivity index (χ0) is 19.4. The molecule has 5 nitrogen and oxygen atoms in total. The molecule has 27 heavy (non-hydrogen) atoms. The lowest BCUT2D eigenvalue weighted by Crippen LogP contribution is -2.26. The van der Waals surface area contributed by atoms with Crippen molar-refractivity contribution in [2.75, 3.05) is 17.3 Å². The number of aryl methyl sites for hydroxylation is 1. The highest BCUT2D eigenvalue weighted by molar-refractivity contribution is 6.31. The summed E-state index contributed by atoms with van der Waals surface area (Å²) in [6.07, 6.45) is 2.87. The van der Waals surface area contributed by atoms with Gasteiger partial charge in [-0.1, -0.05) is 35.9 Å². The Morgan fingerprint density at radius 3 is 2.44 bits per heavy atom. The minimum atomic E-state index is -0.357. The third-order valence-corrected chi connectivity index (χ3v) is 4.38. The number of hydrogen-bond donors (Lipinski definition) is 1. The molecule has 0 saturated heterocycles. The van der Waals surface area contributed by atoms with E-state index in [1.807, 2.05) is 43.3 Å². The van der Waals surface area contributed by atoms with Crippen molar-refractivity contribution in [3.63, 3.8) is 0 Å². The predicted octanol–water partition coefficient (Wildman–Crippen LogP) is 4.57. The summed E-state index contributed by atoms with van der Waals surface area (Å²) in [5.74, 6) is -0.604.